The molecule has 2 aromatic heterocycles. The maximum absolute atomic E-state index is 5.74. The SMILES string of the molecule is Cc1cc(C)c(Cc2c(C)coc2C(C)C)o1. The Bertz CT molecular complexity index is 515. The third-order valence-corrected chi connectivity index (χ3v) is 3.14. The topological polar surface area (TPSA) is 26.3 Å². The molecule has 17 heavy (non-hydrogen) atoms. The monoisotopic (exact) mass is 232 g/mol. The predicted molar refractivity (Wildman–Crippen MR) is 68.5 cm³/mol. The first-order chi connectivity index (χ1) is 7.99. The molecule has 0 aliphatic rings. The van der Waals surface area contributed by atoms with Gasteiger partial charge in [-0.25, -0.2) is 0 Å². The molecule has 0 N–H and O–H groups in total. The Hall–Kier alpha value is -1.44. The number of furan rings is 2. The summed E-state index contributed by atoms with van der Waals surface area (Å²) in [6.07, 6.45) is 2.67. The lowest BCUT2D eigenvalue weighted by Gasteiger charge is -2.06. The van der Waals surface area contributed by atoms with Gasteiger partial charge in [0, 0.05) is 17.9 Å². The van der Waals surface area contributed by atoms with Crippen molar-refractivity contribution in [1.82, 2.24) is 0 Å². The zero-order valence-electron chi connectivity index (χ0n) is 11.3. The highest BCUT2D eigenvalue weighted by Crippen LogP contribution is 2.28. The van der Waals surface area contributed by atoms with Gasteiger partial charge in [-0.2, -0.15) is 0 Å². The zero-order valence-corrected chi connectivity index (χ0v) is 11.3. The second kappa shape index (κ2) is 4.44. The fourth-order valence-electron chi connectivity index (χ4n) is 2.23. The summed E-state index contributed by atoms with van der Waals surface area (Å²) in [5, 5.41) is 0. The maximum atomic E-state index is 5.74. The van der Waals surface area contributed by atoms with Crippen molar-refractivity contribution >= 4 is 0 Å². The molecule has 92 valence electrons. The van der Waals surface area contributed by atoms with E-state index in [9.17, 15) is 0 Å². The minimum atomic E-state index is 0.412. The molecule has 0 fully saturated rings. The molecule has 0 aliphatic heterocycles. The molecule has 2 heteroatoms. The Kier molecular flexibility index (Phi) is 3.14. The van der Waals surface area contributed by atoms with E-state index in [1.54, 1.807) is 0 Å². The molecule has 2 aromatic rings. The van der Waals surface area contributed by atoms with E-state index in [0.717, 1.165) is 23.7 Å². The third kappa shape index (κ3) is 2.31. The Morgan fingerprint density at radius 3 is 2.35 bits per heavy atom. The van der Waals surface area contributed by atoms with Crippen LogP contribution in [0.1, 0.15) is 53.7 Å². The van der Waals surface area contributed by atoms with Crippen LogP contribution in [0.2, 0.25) is 0 Å². The molecule has 0 radical (unpaired) electrons. The highest BCUT2D eigenvalue weighted by molar-refractivity contribution is 5.34. The van der Waals surface area contributed by atoms with Gasteiger partial charge in [-0.1, -0.05) is 13.8 Å². The van der Waals surface area contributed by atoms with Gasteiger partial charge in [0.2, 0.25) is 0 Å². The van der Waals surface area contributed by atoms with Crippen LogP contribution in [-0.4, -0.2) is 0 Å². The van der Waals surface area contributed by atoms with E-state index in [4.69, 9.17) is 8.83 Å². The average molecular weight is 232 g/mol. The average Bonchev–Trinajstić information content (AvgIpc) is 2.73. The summed E-state index contributed by atoms with van der Waals surface area (Å²) >= 11 is 0. The van der Waals surface area contributed by atoms with E-state index in [0.29, 0.717) is 5.92 Å². The molecule has 0 unspecified atom stereocenters. The molecule has 2 heterocycles. The van der Waals surface area contributed by atoms with Crippen LogP contribution in [0.15, 0.2) is 21.2 Å². The van der Waals surface area contributed by atoms with Crippen molar-refractivity contribution in [1.29, 1.82) is 0 Å². The van der Waals surface area contributed by atoms with Gasteiger partial charge in [0.05, 0.1) is 6.26 Å². The van der Waals surface area contributed by atoms with Crippen molar-refractivity contribution in [2.45, 2.75) is 47.0 Å². The lowest BCUT2D eigenvalue weighted by atomic mass is 9.99. The van der Waals surface area contributed by atoms with Gasteiger partial charge in [-0.05, 0) is 38.0 Å². The van der Waals surface area contributed by atoms with Crippen molar-refractivity contribution in [2.75, 3.05) is 0 Å². The number of aryl methyl sites for hydroxylation is 3. The lowest BCUT2D eigenvalue weighted by molar-refractivity contribution is 0.470. The van der Waals surface area contributed by atoms with E-state index in [-0.39, 0.29) is 0 Å². The molecule has 0 atom stereocenters. The van der Waals surface area contributed by atoms with E-state index >= 15 is 0 Å². The smallest absolute Gasteiger partial charge is 0.111 e. The predicted octanol–water partition coefficient (Wildman–Crippen LogP) is 4.51. The van der Waals surface area contributed by atoms with Crippen LogP contribution in [-0.2, 0) is 6.42 Å². The Morgan fingerprint density at radius 2 is 1.82 bits per heavy atom. The Labute approximate surface area is 103 Å². The largest absolute Gasteiger partial charge is 0.468 e. The first kappa shape index (κ1) is 12.0. The highest BCUT2D eigenvalue weighted by Gasteiger charge is 2.17. The quantitative estimate of drug-likeness (QED) is 0.778. The fraction of sp³-hybridized carbons (Fsp3) is 0.467. The minimum Gasteiger partial charge on any atom is -0.468 e. The van der Waals surface area contributed by atoms with Crippen molar-refractivity contribution in [3.8, 4) is 0 Å². The summed E-state index contributed by atoms with van der Waals surface area (Å²) in [6.45, 7) is 10.5. The minimum absolute atomic E-state index is 0.412. The van der Waals surface area contributed by atoms with Crippen molar-refractivity contribution in [3.05, 3.63) is 46.3 Å². The van der Waals surface area contributed by atoms with Crippen LogP contribution in [0, 0.1) is 20.8 Å². The van der Waals surface area contributed by atoms with Crippen molar-refractivity contribution < 1.29 is 8.83 Å². The maximum Gasteiger partial charge on any atom is 0.111 e. The molecular formula is C15H20O2. The summed E-state index contributed by atoms with van der Waals surface area (Å²) < 4.78 is 11.4. The molecule has 0 bridgehead atoms. The van der Waals surface area contributed by atoms with Crippen LogP contribution in [0.25, 0.3) is 0 Å². The molecule has 0 aromatic carbocycles. The first-order valence-electron chi connectivity index (χ1n) is 6.11. The molecule has 0 saturated heterocycles. The van der Waals surface area contributed by atoms with Crippen LogP contribution in [0.5, 0.6) is 0 Å². The molecule has 0 amide bonds. The lowest BCUT2D eigenvalue weighted by Crippen LogP contribution is -1.95. The summed E-state index contributed by atoms with van der Waals surface area (Å²) in [6, 6.07) is 2.08. The molecule has 0 aliphatic carbocycles. The van der Waals surface area contributed by atoms with Gasteiger partial charge in [-0.3, -0.25) is 0 Å². The molecular weight excluding hydrogens is 212 g/mol. The van der Waals surface area contributed by atoms with Crippen molar-refractivity contribution in [3.63, 3.8) is 0 Å². The Morgan fingerprint density at radius 1 is 1.12 bits per heavy atom. The number of hydrogen-bond donors (Lipinski definition) is 0. The highest BCUT2D eigenvalue weighted by atomic mass is 16.3. The second-order valence-corrected chi connectivity index (χ2v) is 5.06. The standard InChI is InChI=1S/C15H20O2/c1-9(2)15-13(11(4)8-16-15)7-14-10(3)6-12(5)17-14/h6,8-9H,7H2,1-5H3. The van der Waals surface area contributed by atoms with Crippen molar-refractivity contribution in [2.24, 2.45) is 0 Å². The molecule has 2 nitrogen and oxygen atoms in total. The summed E-state index contributed by atoms with van der Waals surface area (Å²) in [5.74, 6) is 3.52. The van der Waals surface area contributed by atoms with Gasteiger partial charge < -0.3 is 8.83 Å². The first-order valence-corrected chi connectivity index (χ1v) is 6.11. The normalized spacial score (nSPS) is 11.4. The van der Waals surface area contributed by atoms with Gasteiger partial charge in [0.25, 0.3) is 0 Å². The molecule has 2 rings (SSSR count). The summed E-state index contributed by atoms with van der Waals surface area (Å²) in [5.41, 5.74) is 3.71. The Balaban J connectivity index is 2.35. The molecule has 0 spiro atoms. The van der Waals surface area contributed by atoms with Crippen LogP contribution in [0.4, 0.5) is 0 Å². The van der Waals surface area contributed by atoms with Crippen LogP contribution < -0.4 is 0 Å². The second-order valence-electron chi connectivity index (χ2n) is 5.06. The van der Waals surface area contributed by atoms with Crippen LogP contribution in [0.3, 0.4) is 0 Å². The third-order valence-electron chi connectivity index (χ3n) is 3.14. The number of rotatable bonds is 3. The van der Waals surface area contributed by atoms with E-state index in [2.05, 4.69) is 33.8 Å². The fourth-order valence-corrected chi connectivity index (χ4v) is 2.23. The van der Waals surface area contributed by atoms with Gasteiger partial charge in [-0.15, -0.1) is 0 Å². The molecule has 0 saturated carbocycles. The van der Waals surface area contributed by atoms with E-state index in [1.165, 1.54) is 16.7 Å². The van der Waals surface area contributed by atoms with E-state index < -0.39 is 0 Å². The van der Waals surface area contributed by atoms with E-state index in [1.807, 2.05) is 13.2 Å². The summed E-state index contributed by atoms with van der Waals surface area (Å²) in [4.78, 5) is 0. The zero-order chi connectivity index (χ0) is 12.6. The van der Waals surface area contributed by atoms with Crippen LogP contribution >= 0.6 is 0 Å². The van der Waals surface area contributed by atoms with Gasteiger partial charge >= 0.3 is 0 Å². The van der Waals surface area contributed by atoms with Gasteiger partial charge in [0.1, 0.15) is 17.3 Å². The number of hydrogen-bond acceptors (Lipinski definition) is 2. The summed E-state index contributed by atoms with van der Waals surface area (Å²) in [7, 11) is 0. The van der Waals surface area contributed by atoms with Gasteiger partial charge in [0.15, 0.2) is 0 Å².